The number of hydrogen-bond acceptors (Lipinski definition) is 3. The first kappa shape index (κ1) is 21.5. The summed E-state index contributed by atoms with van der Waals surface area (Å²) in [6, 6.07) is 8.25. The van der Waals surface area contributed by atoms with Gasteiger partial charge in [0.15, 0.2) is 0 Å². The number of amides is 1. The number of hydrogen-bond donors (Lipinski definition) is 2. The average Bonchev–Trinajstić information content (AvgIpc) is 2.52. The van der Waals surface area contributed by atoms with Crippen molar-refractivity contribution < 1.29 is 40.3 Å². The largest absolute Gasteiger partial charge is 0.460 e. The molecule has 0 saturated carbocycles. The molecule has 1 amide bonds. The van der Waals surface area contributed by atoms with Crippen LogP contribution in [0, 0.1) is 0 Å². The van der Waals surface area contributed by atoms with Crippen LogP contribution in [0.4, 0.5) is 30.7 Å². The number of carbonyl (C=O) groups is 2. The molecule has 0 bridgehead atoms. The Morgan fingerprint density at radius 3 is 2.00 bits per heavy atom. The number of ketones is 1. The van der Waals surface area contributed by atoms with E-state index in [1.165, 1.54) is 0 Å². The maximum atomic E-state index is 13.2. The van der Waals surface area contributed by atoms with Crippen LogP contribution < -0.4 is 10.9 Å². The molecule has 0 aliphatic rings. The molecule has 0 aromatic heterocycles. The fraction of sp³-hybridized carbons (Fsp3) is 0.333. The first-order chi connectivity index (χ1) is 11.8. The lowest BCUT2D eigenvalue weighted by molar-refractivity contribution is -0.342. The van der Waals surface area contributed by atoms with Crippen molar-refractivity contribution >= 4 is 11.7 Å². The van der Waals surface area contributed by atoms with Crippen LogP contribution in [0.2, 0.25) is 0 Å². The van der Waals surface area contributed by atoms with Crippen molar-refractivity contribution in [3.8, 4) is 0 Å². The van der Waals surface area contributed by atoms with Gasteiger partial charge in [0.1, 0.15) is 0 Å². The van der Waals surface area contributed by atoms with Crippen LogP contribution in [0.15, 0.2) is 42.1 Å². The van der Waals surface area contributed by atoms with Crippen LogP contribution in [0.5, 0.6) is 0 Å². The fourth-order valence-corrected chi connectivity index (χ4v) is 1.65. The van der Waals surface area contributed by atoms with Gasteiger partial charge in [-0.2, -0.15) is 30.7 Å². The molecule has 1 aromatic rings. The maximum absolute atomic E-state index is 13.2. The zero-order valence-corrected chi connectivity index (χ0v) is 13.1. The van der Waals surface area contributed by atoms with Crippen molar-refractivity contribution in [1.82, 2.24) is 10.9 Å². The minimum atomic E-state index is -6.61. The quantitative estimate of drug-likeness (QED) is 0.430. The number of alkyl halides is 7. The lowest BCUT2D eigenvalue weighted by atomic mass is 10.1. The number of carbonyl (C=O) groups excluding carboxylic acids is 2. The van der Waals surface area contributed by atoms with E-state index in [0.717, 1.165) is 6.92 Å². The molecular formula is C15H13F7N2O2. The highest BCUT2D eigenvalue weighted by Crippen LogP contribution is 2.47. The van der Waals surface area contributed by atoms with Gasteiger partial charge in [-0.1, -0.05) is 30.3 Å². The Labute approximate surface area is 143 Å². The molecule has 0 heterocycles. The first-order valence-electron chi connectivity index (χ1n) is 6.93. The summed E-state index contributed by atoms with van der Waals surface area (Å²) in [5.41, 5.74) is 4.01. The normalized spacial score (nSPS) is 13.3. The van der Waals surface area contributed by atoms with E-state index in [4.69, 9.17) is 0 Å². The summed E-state index contributed by atoms with van der Waals surface area (Å²) in [4.78, 5) is 22.7. The molecule has 0 atom stereocenters. The van der Waals surface area contributed by atoms with E-state index >= 15 is 0 Å². The zero-order valence-electron chi connectivity index (χ0n) is 13.1. The number of nitrogens with one attached hydrogen (secondary N) is 2. The summed E-state index contributed by atoms with van der Waals surface area (Å²) in [5.74, 6) is -16.0. The second kappa shape index (κ2) is 7.75. The summed E-state index contributed by atoms with van der Waals surface area (Å²) in [6.07, 6.45) is -6.88. The Kier molecular flexibility index (Phi) is 6.39. The van der Waals surface area contributed by atoms with E-state index in [2.05, 4.69) is 0 Å². The van der Waals surface area contributed by atoms with Gasteiger partial charge >= 0.3 is 18.0 Å². The zero-order chi connectivity index (χ0) is 20.2. The van der Waals surface area contributed by atoms with Gasteiger partial charge in [-0.05, 0) is 12.5 Å². The van der Waals surface area contributed by atoms with Gasteiger partial charge < -0.3 is 5.43 Å². The van der Waals surface area contributed by atoms with E-state index < -0.39 is 35.4 Å². The molecule has 0 fully saturated rings. The molecule has 26 heavy (non-hydrogen) atoms. The van der Waals surface area contributed by atoms with Crippen molar-refractivity contribution in [2.75, 3.05) is 0 Å². The molecule has 1 rings (SSSR count). The van der Waals surface area contributed by atoms with E-state index in [-0.39, 0.29) is 12.5 Å². The van der Waals surface area contributed by atoms with E-state index in [9.17, 15) is 40.3 Å². The standard InChI is InChI=1S/C15H13F7N2O2/c1-9(23-24-12(26)8-10-5-3-2-4-6-10)7-11(25)13(16,17)14(18,19)15(20,21)22/h2-7,23H,8H2,1H3,(H,24,26)/b9-7+. The van der Waals surface area contributed by atoms with E-state index in [1.807, 2.05) is 10.9 Å². The Morgan fingerprint density at radius 1 is 0.962 bits per heavy atom. The minimum absolute atomic E-state index is 0.128. The summed E-state index contributed by atoms with van der Waals surface area (Å²) in [7, 11) is 0. The van der Waals surface area contributed by atoms with Gasteiger partial charge in [0.25, 0.3) is 0 Å². The predicted octanol–water partition coefficient (Wildman–Crippen LogP) is 3.16. The van der Waals surface area contributed by atoms with Gasteiger partial charge in [-0.3, -0.25) is 15.0 Å². The number of halogens is 7. The van der Waals surface area contributed by atoms with Crippen LogP contribution >= 0.6 is 0 Å². The summed E-state index contributed by atoms with van der Waals surface area (Å²) in [5, 5.41) is 0. The molecule has 0 radical (unpaired) electrons. The number of allylic oxidation sites excluding steroid dienone is 2. The van der Waals surface area contributed by atoms with Gasteiger partial charge in [0.2, 0.25) is 11.7 Å². The topological polar surface area (TPSA) is 58.2 Å². The summed E-state index contributed by atoms with van der Waals surface area (Å²) < 4.78 is 87.9. The fourth-order valence-electron chi connectivity index (χ4n) is 1.65. The highest BCUT2D eigenvalue weighted by Gasteiger charge is 2.75. The third-order valence-electron chi connectivity index (χ3n) is 3.01. The van der Waals surface area contributed by atoms with Crippen LogP contribution in [0.1, 0.15) is 12.5 Å². The molecule has 0 unspecified atom stereocenters. The second-order valence-corrected chi connectivity index (χ2v) is 5.17. The molecule has 0 spiro atoms. The lowest BCUT2D eigenvalue weighted by Gasteiger charge is -2.26. The Bertz CT molecular complexity index is 685. The summed E-state index contributed by atoms with van der Waals surface area (Å²) >= 11 is 0. The third-order valence-corrected chi connectivity index (χ3v) is 3.01. The maximum Gasteiger partial charge on any atom is 0.460 e. The van der Waals surface area contributed by atoms with Crippen molar-refractivity contribution in [3.63, 3.8) is 0 Å². The van der Waals surface area contributed by atoms with Crippen molar-refractivity contribution in [2.24, 2.45) is 0 Å². The molecule has 0 saturated heterocycles. The minimum Gasteiger partial charge on any atom is -0.303 e. The molecule has 0 aliphatic carbocycles. The lowest BCUT2D eigenvalue weighted by Crippen LogP contribution is -2.55. The first-order valence-corrected chi connectivity index (χ1v) is 6.93. The van der Waals surface area contributed by atoms with Crippen LogP contribution in [0.3, 0.4) is 0 Å². The number of rotatable bonds is 7. The second-order valence-electron chi connectivity index (χ2n) is 5.17. The number of hydrazine groups is 1. The molecule has 0 aliphatic heterocycles. The third kappa shape index (κ3) is 4.96. The summed E-state index contributed by atoms with van der Waals surface area (Å²) in [6.45, 7) is 0.919. The Balaban J connectivity index is 2.71. The van der Waals surface area contributed by atoms with Gasteiger partial charge in [0, 0.05) is 11.8 Å². The highest BCUT2D eigenvalue weighted by molar-refractivity contribution is 5.97. The van der Waals surface area contributed by atoms with Gasteiger partial charge in [-0.15, -0.1) is 0 Å². The number of benzene rings is 1. The Hall–Kier alpha value is -2.59. The monoisotopic (exact) mass is 386 g/mol. The van der Waals surface area contributed by atoms with Gasteiger partial charge in [0.05, 0.1) is 6.42 Å². The SMILES string of the molecule is C/C(=C\C(=O)C(F)(F)C(F)(F)C(F)(F)F)NNC(=O)Cc1ccccc1. The molecule has 2 N–H and O–H groups in total. The smallest absolute Gasteiger partial charge is 0.303 e. The Morgan fingerprint density at radius 2 is 1.50 bits per heavy atom. The molecule has 4 nitrogen and oxygen atoms in total. The van der Waals surface area contributed by atoms with Crippen LogP contribution in [-0.4, -0.2) is 29.7 Å². The van der Waals surface area contributed by atoms with E-state index in [1.54, 1.807) is 30.3 Å². The average molecular weight is 386 g/mol. The van der Waals surface area contributed by atoms with Gasteiger partial charge in [-0.25, -0.2) is 0 Å². The molecule has 1 aromatic carbocycles. The molecular weight excluding hydrogens is 373 g/mol. The predicted molar refractivity (Wildman–Crippen MR) is 76.1 cm³/mol. The van der Waals surface area contributed by atoms with Crippen LogP contribution in [-0.2, 0) is 16.0 Å². The van der Waals surface area contributed by atoms with Crippen molar-refractivity contribution in [3.05, 3.63) is 47.7 Å². The molecule has 11 heteroatoms. The highest BCUT2D eigenvalue weighted by atomic mass is 19.4. The van der Waals surface area contributed by atoms with Crippen molar-refractivity contribution in [2.45, 2.75) is 31.4 Å². The van der Waals surface area contributed by atoms with Crippen LogP contribution in [0.25, 0.3) is 0 Å². The van der Waals surface area contributed by atoms with Crippen molar-refractivity contribution in [1.29, 1.82) is 0 Å². The molecule has 144 valence electrons. The van der Waals surface area contributed by atoms with E-state index in [0.29, 0.717) is 5.56 Å².